The third kappa shape index (κ3) is 4.39. The van der Waals surface area contributed by atoms with Crippen LogP contribution in [-0.2, 0) is 4.79 Å². The molecule has 136 valence electrons. The number of nitrogens with zero attached hydrogens (tertiary/aromatic N) is 2. The largest absolute Gasteiger partial charge is 0.494 e. The lowest BCUT2D eigenvalue weighted by molar-refractivity contribution is -0.121. The van der Waals surface area contributed by atoms with Gasteiger partial charge in [-0.2, -0.15) is 0 Å². The first-order valence-electron chi connectivity index (χ1n) is 8.91. The smallest absolute Gasteiger partial charge is 0.253 e. The maximum absolute atomic E-state index is 12.6. The standard InChI is InChI=1S/C20H23N3O3/c1-2-26-17-8-6-16(7-9-17)20(25)23-13-10-15(11-14-23)19(24)22-18-5-3-4-12-21-18/h3-9,12,15H,2,10-11,13-14H2,1H3,(H,21,22,24). The summed E-state index contributed by atoms with van der Waals surface area (Å²) in [6.45, 7) is 3.67. The average Bonchev–Trinajstić information content (AvgIpc) is 2.69. The van der Waals surface area contributed by atoms with E-state index < -0.39 is 0 Å². The Kier molecular flexibility index (Phi) is 5.84. The van der Waals surface area contributed by atoms with Crippen molar-refractivity contribution in [2.75, 3.05) is 25.0 Å². The van der Waals surface area contributed by atoms with Gasteiger partial charge in [0.05, 0.1) is 6.61 Å². The summed E-state index contributed by atoms with van der Waals surface area (Å²) in [7, 11) is 0. The van der Waals surface area contributed by atoms with Crippen LogP contribution in [0.1, 0.15) is 30.1 Å². The second kappa shape index (κ2) is 8.47. The van der Waals surface area contributed by atoms with Gasteiger partial charge in [0.15, 0.2) is 0 Å². The molecule has 2 aromatic rings. The zero-order chi connectivity index (χ0) is 18.4. The lowest BCUT2D eigenvalue weighted by atomic mass is 9.95. The van der Waals surface area contributed by atoms with Gasteiger partial charge in [-0.25, -0.2) is 4.98 Å². The third-order valence-electron chi connectivity index (χ3n) is 4.48. The van der Waals surface area contributed by atoms with Gasteiger partial charge in [-0.05, 0) is 56.2 Å². The number of carbonyl (C=O) groups excluding carboxylic acids is 2. The number of benzene rings is 1. The molecule has 0 aliphatic carbocycles. The number of amides is 2. The van der Waals surface area contributed by atoms with E-state index in [0.29, 0.717) is 43.9 Å². The number of piperidine rings is 1. The van der Waals surface area contributed by atoms with E-state index in [2.05, 4.69) is 10.3 Å². The summed E-state index contributed by atoms with van der Waals surface area (Å²) in [5.41, 5.74) is 0.643. The Bertz CT molecular complexity index is 739. The molecule has 1 aliphatic rings. The van der Waals surface area contributed by atoms with Crippen LogP contribution in [0.5, 0.6) is 5.75 Å². The van der Waals surface area contributed by atoms with E-state index in [1.54, 1.807) is 35.4 Å². The molecule has 0 atom stereocenters. The number of nitrogens with one attached hydrogen (secondary N) is 1. The highest BCUT2D eigenvalue weighted by molar-refractivity contribution is 5.95. The monoisotopic (exact) mass is 353 g/mol. The molecule has 1 saturated heterocycles. The molecule has 6 heteroatoms. The molecule has 26 heavy (non-hydrogen) atoms. The number of ether oxygens (including phenoxy) is 1. The van der Waals surface area contributed by atoms with E-state index >= 15 is 0 Å². The fourth-order valence-electron chi connectivity index (χ4n) is 3.05. The second-order valence-corrected chi connectivity index (χ2v) is 6.23. The van der Waals surface area contributed by atoms with E-state index in [4.69, 9.17) is 4.74 Å². The predicted molar refractivity (Wildman–Crippen MR) is 99.1 cm³/mol. The van der Waals surface area contributed by atoms with Gasteiger partial charge in [-0.1, -0.05) is 6.07 Å². The molecule has 0 saturated carbocycles. The SMILES string of the molecule is CCOc1ccc(C(=O)N2CCC(C(=O)Nc3ccccn3)CC2)cc1. The maximum Gasteiger partial charge on any atom is 0.253 e. The number of pyridine rings is 1. The molecular formula is C20H23N3O3. The van der Waals surface area contributed by atoms with Gasteiger partial charge in [-0.15, -0.1) is 0 Å². The fourth-order valence-corrected chi connectivity index (χ4v) is 3.05. The predicted octanol–water partition coefficient (Wildman–Crippen LogP) is 2.97. The van der Waals surface area contributed by atoms with Crippen molar-refractivity contribution in [3.05, 3.63) is 54.2 Å². The molecule has 1 aromatic carbocycles. The maximum atomic E-state index is 12.6. The molecule has 1 N–H and O–H groups in total. The van der Waals surface area contributed by atoms with Crippen LogP contribution in [0.3, 0.4) is 0 Å². The molecular weight excluding hydrogens is 330 g/mol. The first-order valence-corrected chi connectivity index (χ1v) is 8.91. The van der Waals surface area contributed by atoms with Crippen LogP contribution >= 0.6 is 0 Å². The fraction of sp³-hybridized carbons (Fsp3) is 0.350. The van der Waals surface area contributed by atoms with Crippen molar-refractivity contribution >= 4 is 17.6 Å². The molecule has 0 bridgehead atoms. The molecule has 2 heterocycles. The summed E-state index contributed by atoms with van der Waals surface area (Å²) in [4.78, 5) is 30.9. The molecule has 3 rings (SSSR count). The van der Waals surface area contributed by atoms with Crippen LogP contribution in [0.15, 0.2) is 48.7 Å². The summed E-state index contributed by atoms with van der Waals surface area (Å²) in [5.74, 6) is 1.19. The first kappa shape index (κ1) is 17.9. The average molecular weight is 353 g/mol. The third-order valence-corrected chi connectivity index (χ3v) is 4.48. The van der Waals surface area contributed by atoms with Crippen LogP contribution in [-0.4, -0.2) is 41.4 Å². The summed E-state index contributed by atoms with van der Waals surface area (Å²) in [5, 5.41) is 2.84. The van der Waals surface area contributed by atoms with Gasteiger partial charge < -0.3 is 15.0 Å². The Hall–Kier alpha value is -2.89. The Morgan fingerprint density at radius 3 is 2.50 bits per heavy atom. The molecule has 0 unspecified atom stereocenters. The van der Waals surface area contributed by atoms with Gasteiger partial charge in [0.1, 0.15) is 11.6 Å². The van der Waals surface area contributed by atoms with E-state index in [0.717, 1.165) is 5.75 Å². The van der Waals surface area contributed by atoms with Gasteiger partial charge >= 0.3 is 0 Å². The number of carbonyl (C=O) groups is 2. The lowest BCUT2D eigenvalue weighted by Gasteiger charge is -2.31. The van der Waals surface area contributed by atoms with E-state index in [-0.39, 0.29) is 17.7 Å². The van der Waals surface area contributed by atoms with Gasteiger partial charge in [0, 0.05) is 30.8 Å². The van der Waals surface area contributed by atoms with Crippen LogP contribution in [0.4, 0.5) is 5.82 Å². The molecule has 0 radical (unpaired) electrons. The van der Waals surface area contributed by atoms with Crippen molar-refractivity contribution in [1.29, 1.82) is 0 Å². The first-order chi connectivity index (χ1) is 12.7. The highest BCUT2D eigenvalue weighted by Gasteiger charge is 2.28. The zero-order valence-corrected chi connectivity index (χ0v) is 14.9. The molecule has 6 nitrogen and oxygen atoms in total. The highest BCUT2D eigenvalue weighted by atomic mass is 16.5. The minimum absolute atomic E-state index is 0.00312. The number of hydrogen-bond acceptors (Lipinski definition) is 4. The number of anilines is 1. The van der Waals surface area contributed by atoms with Gasteiger partial charge in [0.25, 0.3) is 5.91 Å². The van der Waals surface area contributed by atoms with Crippen LogP contribution in [0.25, 0.3) is 0 Å². The Morgan fingerprint density at radius 2 is 1.88 bits per heavy atom. The minimum atomic E-state index is -0.0959. The number of hydrogen-bond donors (Lipinski definition) is 1. The Labute approximate surface area is 153 Å². The zero-order valence-electron chi connectivity index (χ0n) is 14.9. The van der Waals surface area contributed by atoms with Crippen LogP contribution in [0, 0.1) is 5.92 Å². The van der Waals surface area contributed by atoms with Crippen molar-refractivity contribution in [3.8, 4) is 5.75 Å². The van der Waals surface area contributed by atoms with E-state index in [1.807, 2.05) is 25.1 Å². The normalized spacial score (nSPS) is 14.7. The molecule has 1 aromatic heterocycles. The summed E-state index contributed by atoms with van der Waals surface area (Å²) >= 11 is 0. The highest BCUT2D eigenvalue weighted by Crippen LogP contribution is 2.21. The number of aromatic nitrogens is 1. The van der Waals surface area contributed by atoms with Crippen molar-refractivity contribution in [2.45, 2.75) is 19.8 Å². The van der Waals surface area contributed by atoms with Gasteiger partial charge in [0.2, 0.25) is 5.91 Å². The molecule has 1 aliphatic heterocycles. The molecule has 2 amide bonds. The Balaban J connectivity index is 1.52. The van der Waals surface area contributed by atoms with Crippen molar-refractivity contribution in [1.82, 2.24) is 9.88 Å². The quantitative estimate of drug-likeness (QED) is 0.897. The van der Waals surface area contributed by atoms with Crippen molar-refractivity contribution in [2.24, 2.45) is 5.92 Å². The topological polar surface area (TPSA) is 71.5 Å². The number of likely N-dealkylation sites (tertiary alicyclic amines) is 1. The van der Waals surface area contributed by atoms with Crippen molar-refractivity contribution in [3.63, 3.8) is 0 Å². The summed E-state index contributed by atoms with van der Waals surface area (Å²) < 4.78 is 5.40. The van der Waals surface area contributed by atoms with E-state index in [1.165, 1.54) is 0 Å². The van der Waals surface area contributed by atoms with Crippen LogP contribution in [0.2, 0.25) is 0 Å². The lowest BCUT2D eigenvalue weighted by Crippen LogP contribution is -2.41. The summed E-state index contributed by atoms with van der Waals surface area (Å²) in [6.07, 6.45) is 2.95. The molecule has 0 spiro atoms. The van der Waals surface area contributed by atoms with Gasteiger partial charge in [-0.3, -0.25) is 9.59 Å². The number of rotatable bonds is 5. The van der Waals surface area contributed by atoms with Crippen molar-refractivity contribution < 1.29 is 14.3 Å². The van der Waals surface area contributed by atoms with Crippen LogP contribution < -0.4 is 10.1 Å². The second-order valence-electron chi connectivity index (χ2n) is 6.23. The summed E-state index contributed by atoms with van der Waals surface area (Å²) in [6, 6.07) is 12.6. The van der Waals surface area contributed by atoms with E-state index in [9.17, 15) is 9.59 Å². The Morgan fingerprint density at radius 1 is 1.15 bits per heavy atom. The minimum Gasteiger partial charge on any atom is -0.494 e. The molecule has 1 fully saturated rings.